The van der Waals surface area contributed by atoms with E-state index in [-0.39, 0.29) is 17.9 Å². The molecule has 0 amide bonds. The summed E-state index contributed by atoms with van der Waals surface area (Å²) in [5.74, 6) is 0.369. The minimum Gasteiger partial charge on any atom is -0.481 e. The minimum atomic E-state index is -0.705. The Morgan fingerprint density at radius 2 is 2.14 bits per heavy atom. The first-order valence-electron chi connectivity index (χ1n) is 8.46. The van der Waals surface area contributed by atoms with Gasteiger partial charge in [-0.1, -0.05) is 31.2 Å². The molecular weight excluding hydrogens is 300 g/mol. The Hall–Kier alpha value is -0.800. The number of fused-ring (bicyclic) bond motifs is 2. The topological polar surface area (TPSA) is 46.5 Å². The monoisotopic (exact) mass is 326 g/mol. The zero-order chi connectivity index (χ0) is 15.9. The number of halogens is 1. The molecule has 0 unspecified atom stereocenters. The van der Waals surface area contributed by atoms with E-state index in [2.05, 4.69) is 31.2 Å². The van der Waals surface area contributed by atoms with Gasteiger partial charge < -0.3 is 9.84 Å². The van der Waals surface area contributed by atoms with Crippen LogP contribution in [-0.4, -0.2) is 28.7 Å². The van der Waals surface area contributed by atoms with Crippen LogP contribution in [0.4, 0.5) is 0 Å². The number of carboxylic acid groups (broad SMARTS) is 1. The summed E-state index contributed by atoms with van der Waals surface area (Å²) in [5, 5.41) is 8.72. The molecule has 1 heterocycles. The number of hydrogen-bond acceptors (Lipinski definition) is 2. The molecule has 22 heavy (non-hydrogen) atoms. The van der Waals surface area contributed by atoms with Gasteiger partial charge in [0.1, 0.15) is 0 Å². The Balaban J connectivity index is 1.65. The molecule has 124 valence electrons. The van der Waals surface area contributed by atoms with Gasteiger partial charge in [0.25, 0.3) is 0 Å². The second kappa shape index (κ2) is 8.73. The molecular formula is C18H27ClO3. The van der Waals surface area contributed by atoms with Crippen LogP contribution in [0.1, 0.15) is 51.9 Å². The summed E-state index contributed by atoms with van der Waals surface area (Å²) in [5.41, 5.74) is 0. The van der Waals surface area contributed by atoms with Gasteiger partial charge in [0.15, 0.2) is 0 Å². The molecule has 2 fully saturated rings. The molecule has 2 aliphatic rings. The number of unbranched alkanes of at least 4 members (excludes halogenated alkanes) is 2. The second-order valence-corrected chi connectivity index (χ2v) is 6.88. The average molecular weight is 327 g/mol. The molecule has 2 rings (SSSR count). The molecule has 5 atom stereocenters. The smallest absolute Gasteiger partial charge is 0.303 e. The third-order valence-corrected chi connectivity index (χ3v) is 5.17. The third kappa shape index (κ3) is 4.60. The van der Waals surface area contributed by atoms with Gasteiger partial charge in [-0.2, -0.15) is 0 Å². The summed E-state index contributed by atoms with van der Waals surface area (Å²) in [4.78, 5) is 10.4. The summed E-state index contributed by atoms with van der Waals surface area (Å²) >= 11 is 6.34. The predicted octanol–water partition coefficient (Wildman–Crippen LogP) is 4.55. The highest BCUT2D eigenvalue weighted by Gasteiger charge is 2.52. The Kier molecular flexibility index (Phi) is 6.97. The number of alkyl halides is 1. The number of carboxylic acids is 1. The highest BCUT2D eigenvalue weighted by Crippen LogP contribution is 2.48. The van der Waals surface area contributed by atoms with Crippen molar-refractivity contribution >= 4 is 17.6 Å². The lowest BCUT2D eigenvalue weighted by molar-refractivity contribution is -0.137. The van der Waals surface area contributed by atoms with E-state index >= 15 is 0 Å². The van der Waals surface area contributed by atoms with Gasteiger partial charge in [0.05, 0.1) is 17.6 Å². The van der Waals surface area contributed by atoms with Gasteiger partial charge >= 0.3 is 5.97 Å². The van der Waals surface area contributed by atoms with Gasteiger partial charge in [-0.3, -0.25) is 4.79 Å². The largest absolute Gasteiger partial charge is 0.481 e. The van der Waals surface area contributed by atoms with Gasteiger partial charge in [0, 0.05) is 12.3 Å². The second-order valence-electron chi connectivity index (χ2n) is 6.32. The Morgan fingerprint density at radius 3 is 2.86 bits per heavy atom. The van der Waals surface area contributed by atoms with Crippen molar-refractivity contribution in [3.8, 4) is 0 Å². The Bertz CT molecular complexity index is 419. The third-order valence-electron chi connectivity index (χ3n) is 4.75. The normalized spacial score (nSPS) is 34.2. The molecule has 0 aromatic heterocycles. The van der Waals surface area contributed by atoms with Crippen LogP contribution >= 0.6 is 11.6 Å². The van der Waals surface area contributed by atoms with Crippen LogP contribution in [0.2, 0.25) is 0 Å². The van der Waals surface area contributed by atoms with E-state index in [0.29, 0.717) is 17.9 Å². The molecule has 2 bridgehead atoms. The number of aliphatic carboxylic acids is 1. The molecule has 0 spiro atoms. The number of hydrogen-bond donors (Lipinski definition) is 1. The van der Waals surface area contributed by atoms with E-state index in [1.165, 1.54) is 0 Å². The van der Waals surface area contributed by atoms with Gasteiger partial charge in [-0.15, -0.1) is 11.6 Å². The van der Waals surface area contributed by atoms with Gasteiger partial charge in [-0.25, -0.2) is 0 Å². The summed E-state index contributed by atoms with van der Waals surface area (Å²) in [7, 11) is 0. The Labute approximate surface area is 138 Å². The standard InChI is InChI=1S/C18H27ClO3/c1-2-16-14-12-15(19)18(22-16)13(14)10-8-6-4-3-5-7-9-11-17(20)21/h3-4,8,10,13-16,18H,2,5-7,9,11-12H2,1H3,(H,20,21)/b4-3-,10-8-/t13-,14+,15-,16-,18+/m1/s1. The van der Waals surface area contributed by atoms with Crippen LogP contribution in [-0.2, 0) is 9.53 Å². The van der Waals surface area contributed by atoms with E-state index in [4.69, 9.17) is 21.4 Å². The average Bonchev–Trinajstić information content (AvgIpc) is 2.98. The van der Waals surface area contributed by atoms with E-state index in [1.54, 1.807) is 0 Å². The zero-order valence-electron chi connectivity index (χ0n) is 13.3. The fraction of sp³-hybridized carbons (Fsp3) is 0.722. The van der Waals surface area contributed by atoms with Crippen molar-refractivity contribution in [3.05, 3.63) is 24.3 Å². The highest BCUT2D eigenvalue weighted by molar-refractivity contribution is 6.21. The van der Waals surface area contributed by atoms with Crippen molar-refractivity contribution in [2.24, 2.45) is 11.8 Å². The number of allylic oxidation sites excluding steroid dienone is 3. The molecule has 1 aliphatic heterocycles. The summed E-state index contributed by atoms with van der Waals surface area (Å²) in [6, 6.07) is 0. The van der Waals surface area contributed by atoms with Crippen LogP contribution < -0.4 is 0 Å². The molecule has 0 radical (unpaired) electrons. The van der Waals surface area contributed by atoms with E-state index in [0.717, 1.165) is 38.5 Å². The maximum Gasteiger partial charge on any atom is 0.303 e. The molecule has 4 heteroatoms. The van der Waals surface area contributed by atoms with E-state index < -0.39 is 5.97 Å². The lowest BCUT2D eigenvalue weighted by Gasteiger charge is -2.23. The van der Waals surface area contributed by atoms with Gasteiger partial charge in [-0.05, 0) is 44.4 Å². The first-order chi connectivity index (χ1) is 10.6. The van der Waals surface area contributed by atoms with Crippen molar-refractivity contribution in [2.45, 2.75) is 69.5 Å². The quantitative estimate of drug-likeness (QED) is 0.384. The summed E-state index contributed by atoms with van der Waals surface area (Å²) in [6.45, 7) is 2.18. The summed E-state index contributed by atoms with van der Waals surface area (Å²) < 4.78 is 6.03. The maximum atomic E-state index is 10.4. The van der Waals surface area contributed by atoms with E-state index in [1.807, 2.05) is 0 Å². The van der Waals surface area contributed by atoms with Crippen molar-refractivity contribution in [1.29, 1.82) is 0 Å². The molecule has 0 aromatic carbocycles. The van der Waals surface area contributed by atoms with Crippen LogP contribution in [0.5, 0.6) is 0 Å². The summed E-state index contributed by atoms with van der Waals surface area (Å²) in [6.07, 6.45) is 15.4. The zero-order valence-corrected chi connectivity index (χ0v) is 14.0. The van der Waals surface area contributed by atoms with Gasteiger partial charge in [0.2, 0.25) is 0 Å². The minimum absolute atomic E-state index is 0.173. The van der Waals surface area contributed by atoms with Crippen LogP contribution in [0.15, 0.2) is 24.3 Å². The highest BCUT2D eigenvalue weighted by atomic mass is 35.5. The number of ether oxygens (including phenoxy) is 1. The van der Waals surface area contributed by atoms with Crippen LogP contribution in [0.3, 0.4) is 0 Å². The molecule has 1 saturated carbocycles. The number of rotatable bonds is 9. The fourth-order valence-electron chi connectivity index (χ4n) is 3.63. The van der Waals surface area contributed by atoms with E-state index in [9.17, 15) is 4.79 Å². The molecule has 1 saturated heterocycles. The lowest BCUT2D eigenvalue weighted by atomic mass is 9.91. The lowest BCUT2D eigenvalue weighted by Crippen LogP contribution is -2.27. The van der Waals surface area contributed by atoms with Crippen molar-refractivity contribution in [3.63, 3.8) is 0 Å². The molecule has 1 N–H and O–H groups in total. The van der Waals surface area contributed by atoms with Crippen molar-refractivity contribution in [2.75, 3.05) is 0 Å². The maximum absolute atomic E-state index is 10.4. The molecule has 3 nitrogen and oxygen atoms in total. The SMILES string of the molecule is CC[C@H]1O[C@H]2[C@H](/C=C\C/C=C\CCCCC(=O)O)[C@@H]1C[C@H]2Cl. The number of carbonyl (C=O) groups is 1. The molecule has 1 aliphatic carbocycles. The first kappa shape index (κ1) is 17.6. The Morgan fingerprint density at radius 1 is 1.32 bits per heavy atom. The predicted molar refractivity (Wildman–Crippen MR) is 89.2 cm³/mol. The first-order valence-corrected chi connectivity index (χ1v) is 8.90. The van der Waals surface area contributed by atoms with Crippen molar-refractivity contribution in [1.82, 2.24) is 0 Å². The van der Waals surface area contributed by atoms with Crippen LogP contribution in [0.25, 0.3) is 0 Å². The van der Waals surface area contributed by atoms with Crippen LogP contribution in [0, 0.1) is 11.8 Å². The fourth-order valence-corrected chi connectivity index (χ4v) is 4.07. The molecule has 0 aromatic rings. The van der Waals surface area contributed by atoms with Crippen molar-refractivity contribution < 1.29 is 14.6 Å².